The van der Waals surface area contributed by atoms with Gasteiger partial charge in [-0.25, -0.2) is 23.1 Å². The van der Waals surface area contributed by atoms with Crippen LogP contribution in [0.3, 0.4) is 0 Å². The van der Waals surface area contributed by atoms with E-state index in [0.29, 0.717) is 28.5 Å². The van der Waals surface area contributed by atoms with Crippen LogP contribution >= 0.6 is 0 Å². The van der Waals surface area contributed by atoms with Crippen molar-refractivity contribution in [2.24, 2.45) is 0 Å². The zero-order valence-electron chi connectivity index (χ0n) is 18.7. The van der Waals surface area contributed by atoms with E-state index in [-0.39, 0.29) is 10.5 Å². The summed E-state index contributed by atoms with van der Waals surface area (Å²) >= 11 is 0. The summed E-state index contributed by atoms with van der Waals surface area (Å²) in [5.74, 6) is 0.504. The molecule has 2 aromatic heterocycles. The van der Waals surface area contributed by atoms with Crippen molar-refractivity contribution in [1.29, 1.82) is 0 Å². The minimum Gasteiger partial charge on any atom is -0.495 e. The fraction of sp³-hybridized carbons (Fsp3) is 0.130. The number of carbonyl (C=O) groups is 1. The summed E-state index contributed by atoms with van der Waals surface area (Å²) in [5.41, 5.74) is 1.70. The molecule has 0 aliphatic heterocycles. The molecule has 0 fully saturated rings. The third-order valence-corrected chi connectivity index (χ3v) is 6.96. The van der Waals surface area contributed by atoms with Crippen LogP contribution in [0, 0.1) is 6.92 Å². The van der Waals surface area contributed by atoms with Gasteiger partial charge in [0.25, 0.3) is 15.9 Å². The molecule has 0 unspecified atom stereocenters. The third-order valence-electron chi connectivity index (χ3n) is 5.20. The molecule has 0 aliphatic rings. The number of aromatic nitrogens is 4. The highest BCUT2D eigenvalue weighted by molar-refractivity contribution is 7.92. The lowest BCUT2D eigenvalue weighted by atomic mass is 10.1. The molecule has 4 rings (SSSR count). The second kappa shape index (κ2) is 9.32. The number of methoxy groups -OCH3 is 1. The predicted molar refractivity (Wildman–Crippen MR) is 127 cm³/mol. The van der Waals surface area contributed by atoms with E-state index in [0.717, 1.165) is 4.31 Å². The fourth-order valence-corrected chi connectivity index (χ4v) is 4.54. The SMILES string of the molecule is COc1ccccc1N(C)S(=O)(=O)c1ccc(C)c(C(=O)Nc2ccc(-n3cncn3)nc2)c1. The number of aryl methyl sites for hydroxylation is 1. The standard InChI is InChI=1S/C23H22N6O4S/c1-16-8-10-18(34(31,32)28(2)20-6-4-5-7-21(20)33-3)12-19(16)23(30)27-17-9-11-22(25-13-17)29-15-24-14-26-29/h4-15H,1-3H3,(H,27,30). The van der Waals surface area contributed by atoms with Crippen molar-refractivity contribution < 1.29 is 17.9 Å². The maximum absolute atomic E-state index is 13.3. The lowest BCUT2D eigenvalue weighted by Gasteiger charge is -2.22. The number of benzene rings is 2. The van der Waals surface area contributed by atoms with Crippen LogP contribution in [-0.4, -0.2) is 48.2 Å². The van der Waals surface area contributed by atoms with Gasteiger partial charge >= 0.3 is 0 Å². The van der Waals surface area contributed by atoms with Crippen molar-refractivity contribution in [3.63, 3.8) is 0 Å². The Bertz CT molecular complexity index is 1420. The molecule has 2 aromatic carbocycles. The summed E-state index contributed by atoms with van der Waals surface area (Å²) in [5, 5.41) is 6.76. The molecule has 0 bridgehead atoms. The molecule has 0 radical (unpaired) electrons. The number of carbonyl (C=O) groups excluding carboxylic acids is 1. The summed E-state index contributed by atoms with van der Waals surface area (Å²) in [4.78, 5) is 21.1. The average Bonchev–Trinajstić information content (AvgIpc) is 3.39. The van der Waals surface area contributed by atoms with Crippen molar-refractivity contribution in [3.8, 4) is 11.6 Å². The molecule has 0 spiro atoms. The molecule has 11 heteroatoms. The van der Waals surface area contributed by atoms with Gasteiger partial charge in [-0.1, -0.05) is 18.2 Å². The number of hydrogen-bond acceptors (Lipinski definition) is 7. The number of anilines is 2. The quantitative estimate of drug-likeness (QED) is 0.433. The van der Waals surface area contributed by atoms with Crippen LogP contribution in [0.25, 0.3) is 5.82 Å². The Morgan fingerprint density at radius 3 is 2.59 bits per heavy atom. The molecular formula is C23H22N6O4S. The van der Waals surface area contributed by atoms with Gasteiger partial charge < -0.3 is 10.1 Å². The van der Waals surface area contributed by atoms with Gasteiger partial charge in [0, 0.05) is 12.6 Å². The van der Waals surface area contributed by atoms with Crippen LogP contribution in [0.2, 0.25) is 0 Å². The zero-order valence-corrected chi connectivity index (χ0v) is 19.5. The highest BCUT2D eigenvalue weighted by atomic mass is 32.2. The first-order valence-corrected chi connectivity index (χ1v) is 11.6. The predicted octanol–water partition coefficient (Wildman–Crippen LogP) is 3.06. The number of rotatable bonds is 7. The average molecular weight is 479 g/mol. The molecule has 10 nitrogen and oxygen atoms in total. The normalized spacial score (nSPS) is 11.1. The molecule has 4 aromatic rings. The molecule has 174 valence electrons. The third kappa shape index (κ3) is 4.46. The van der Waals surface area contributed by atoms with Crippen molar-refractivity contribution in [2.75, 3.05) is 23.8 Å². The van der Waals surface area contributed by atoms with Crippen LogP contribution in [0.5, 0.6) is 5.75 Å². The first-order chi connectivity index (χ1) is 16.3. The minimum atomic E-state index is -3.96. The Labute approximate surface area is 196 Å². The molecule has 0 saturated heterocycles. The van der Waals surface area contributed by atoms with Crippen molar-refractivity contribution in [1.82, 2.24) is 19.7 Å². The maximum Gasteiger partial charge on any atom is 0.264 e. The molecule has 34 heavy (non-hydrogen) atoms. The zero-order chi connectivity index (χ0) is 24.3. The van der Waals surface area contributed by atoms with Gasteiger partial charge in [0.15, 0.2) is 5.82 Å². The van der Waals surface area contributed by atoms with Gasteiger partial charge in [-0.2, -0.15) is 5.10 Å². The number of nitrogens with one attached hydrogen (secondary N) is 1. The molecule has 1 N–H and O–H groups in total. The van der Waals surface area contributed by atoms with Crippen LogP contribution in [0.4, 0.5) is 11.4 Å². The Hall–Kier alpha value is -4.25. The number of amides is 1. The van der Waals surface area contributed by atoms with Gasteiger partial charge in [-0.15, -0.1) is 0 Å². The van der Waals surface area contributed by atoms with Crippen LogP contribution in [0.15, 0.2) is 78.3 Å². The number of pyridine rings is 1. The van der Waals surface area contributed by atoms with Gasteiger partial charge in [-0.3, -0.25) is 9.10 Å². The first-order valence-electron chi connectivity index (χ1n) is 10.2. The maximum atomic E-state index is 13.3. The Morgan fingerprint density at radius 1 is 1.12 bits per heavy atom. The number of ether oxygens (including phenoxy) is 1. The lowest BCUT2D eigenvalue weighted by Crippen LogP contribution is -2.27. The molecule has 0 aliphatic carbocycles. The van der Waals surface area contributed by atoms with E-state index in [1.54, 1.807) is 49.4 Å². The molecule has 1 amide bonds. The van der Waals surface area contributed by atoms with Crippen molar-refractivity contribution in [3.05, 3.63) is 84.6 Å². The molecule has 0 saturated carbocycles. The Balaban J connectivity index is 1.59. The van der Waals surface area contributed by atoms with E-state index >= 15 is 0 Å². The highest BCUT2D eigenvalue weighted by Crippen LogP contribution is 2.31. The van der Waals surface area contributed by atoms with E-state index < -0.39 is 15.9 Å². The number of nitrogens with zero attached hydrogens (tertiary/aromatic N) is 5. The molecule has 0 atom stereocenters. The summed E-state index contributed by atoms with van der Waals surface area (Å²) in [6.45, 7) is 1.74. The monoisotopic (exact) mass is 478 g/mol. The second-order valence-corrected chi connectivity index (χ2v) is 9.29. The van der Waals surface area contributed by atoms with Crippen molar-refractivity contribution in [2.45, 2.75) is 11.8 Å². The summed E-state index contributed by atoms with van der Waals surface area (Å²) < 4.78 is 34.5. The van der Waals surface area contributed by atoms with Crippen LogP contribution < -0.4 is 14.4 Å². The number of para-hydroxylation sites is 2. The molecular weight excluding hydrogens is 456 g/mol. The largest absolute Gasteiger partial charge is 0.495 e. The Kier molecular flexibility index (Phi) is 6.28. The van der Waals surface area contributed by atoms with E-state index in [1.807, 2.05) is 0 Å². The fourth-order valence-electron chi connectivity index (χ4n) is 3.30. The van der Waals surface area contributed by atoms with E-state index in [2.05, 4.69) is 20.4 Å². The summed E-state index contributed by atoms with van der Waals surface area (Å²) in [6.07, 6.45) is 4.39. The highest BCUT2D eigenvalue weighted by Gasteiger charge is 2.25. The summed E-state index contributed by atoms with van der Waals surface area (Å²) in [6, 6.07) is 14.6. The van der Waals surface area contributed by atoms with Gasteiger partial charge in [0.2, 0.25) is 0 Å². The summed E-state index contributed by atoms with van der Waals surface area (Å²) in [7, 11) is -1.04. The first kappa shape index (κ1) is 22.9. The van der Waals surface area contributed by atoms with Crippen molar-refractivity contribution >= 4 is 27.3 Å². The van der Waals surface area contributed by atoms with Gasteiger partial charge in [0.1, 0.15) is 18.4 Å². The number of sulfonamides is 1. The number of hydrogen-bond donors (Lipinski definition) is 1. The van der Waals surface area contributed by atoms with Crippen LogP contribution in [0.1, 0.15) is 15.9 Å². The smallest absolute Gasteiger partial charge is 0.264 e. The second-order valence-electron chi connectivity index (χ2n) is 7.32. The van der Waals surface area contributed by atoms with Gasteiger partial charge in [0.05, 0.1) is 29.6 Å². The van der Waals surface area contributed by atoms with E-state index in [9.17, 15) is 13.2 Å². The lowest BCUT2D eigenvalue weighted by molar-refractivity contribution is 0.102. The topological polar surface area (TPSA) is 119 Å². The molecule has 2 heterocycles. The van der Waals surface area contributed by atoms with E-state index in [4.69, 9.17) is 4.74 Å². The van der Waals surface area contributed by atoms with Gasteiger partial charge in [-0.05, 0) is 48.9 Å². The minimum absolute atomic E-state index is 0.0173. The Morgan fingerprint density at radius 2 is 1.91 bits per heavy atom. The van der Waals surface area contributed by atoms with E-state index in [1.165, 1.54) is 49.8 Å². The van der Waals surface area contributed by atoms with Crippen LogP contribution in [-0.2, 0) is 10.0 Å².